The summed E-state index contributed by atoms with van der Waals surface area (Å²) in [7, 11) is -4.07. The van der Waals surface area contributed by atoms with Crippen LogP contribution in [0.5, 0.6) is 0 Å². The van der Waals surface area contributed by atoms with Gasteiger partial charge >= 0.3 is 0 Å². The number of halogens is 2. The van der Waals surface area contributed by atoms with Crippen molar-refractivity contribution in [1.29, 1.82) is 0 Å². The lowest BCUT2D eigenvalue weighted by atomic mass is 10.0. The van der Waals surface area contributed by atoms with Gasteiger partial charge in [0.1, 0.15) is 5.82 Å². The zero-order valence-corrected chi connectivity index (χ0v) is 18.4. The maximum Gasteiger partial charge on any atom is 0.236 e. The first-order valence-electron chi connectivity index (χ1n) is 10.0. The summed E-state index contributed by atoms with van der Waals surface area (Å²) < 4.78 is 46.4. The van der Waals surface area contributed by atoms with Crippen molar-refractivity contribution in [2.75, 3.05) is 11.4 Å². The van der Waals surface area contributed by atoms with Gasteiger partial charge in [-0.3, -0.25) is 0 Å². The Morgan fingerprint density at radius 2 is 1.62 bits per heavy atom. The van der Waals surface area contributed by atoms with E-state index in [1.54, 1.807) is 24.3 Å². The summed E-state index contributed by atoms with van der Waals surface area (Å²) in [6, 6.07) is 19.6. The molecular formula is C24H18ClFN2O3S. The molecule has 0 fully saturated rings. The average Bonchev–Trinajstić information content (AvgIpc) is 3.25. The molecule has 3 aromatic carbocycles. The topological polar surface area (TPSA) is 63.4 Å². The Morgan fingerprint density at radius 3 is 2.38 bits per heavy atom. The summed E-state index contributed by atoms with van der Waals surface area (Å²) in [5, 5.41) is 0.188. The number of benzene rings is 3. The highest BCUT2D eigenvalue weighted by atomic mass is 35.5. The molecule has 32 heavy (non-hydrogen) atoms. The molecule has 5 rings (SSSR count). The minimum absolute atomic E-state index is 0.0587. The summed E-state index contributed by atoms with van der Waals surface area (Å²) >= 11 is 6.32. The molecular weight excluding hydrogens is 451 g/mol. The van der Waals surface area contributed by atoms with E-state index in [0.29, 0.717) is 23.7 Å². The van der Waals surface area contributed by atoms with Gasteiger partial charge < -0.3 is 9.32 Å². The first kappa shape index (κ1) is 20.7. The van der Waals surface area contributed by atoms with Crippen LogP contribution in [0.1, 0.15) is 11.1 Å². The van der Waals surface area contributed by atoms with E-state index < -0.39 is 15.7 Å². The zero-order valence-electron chi connectivity index (χ0n) is 16.8. The summed E-state index contributed by atoms with van der Waals surface area (Å²) in [4.78, 5) is 6.18. The summed E-state index contributed by atoms with van der Waals surface area (Å²) in [5.41, 5.74) is 2.81. The number of fused-ring (bicyclic) bond motifs is 1. The quantitative estimate of drug-likeness (QED) is 0.368. The van der Waals surface area contributed by atoms with Crippen molar-refractivity contribution in [3.63, 3.8) is 0 Å². The number of hydrogen-bond donors (Lipinski definition) is 0. The molecule has 4 aromatic rings. The van der Waals surface area contributed by atoms with E-state index in [2.05, 4.69) is 11.1 Å². The molecule has 2 heterocycles. The summed E-state index contributed by atoms with van der Waals surface area (Å²) in [6.07, 6.45) is 0.744. The van der Waals surface area contributed by atoms with Crippen molar-refractivity contribution in [2.45, 2.75) is 22.9 Å². The first-order chi connectivity index (χ1) is 15.4. The third kappa shape index (κ3) is 3.67. The number of sulfone groups is 1. The van der Waals surface area contributed by atoms with Crippen molar-refractivity contribution >= 4 is 27.3 Å². The van der Waals surface area contributed by atoms with Gasteiger partial charge in [0.25, 0.3) is 0 Å². The van der Waals surface area contributed by atoms with E-state index in [4.69, 9.17) is 16.0 Å². The maximum absolute atomic E-state index is 13.5. The molecule has 0 aliphatic carbocycles. The van der Waals surface area contributed by atoms with Crippen LogP contribution in [0.15, 0.2) is 87.1 Å². The molecule has 162 valence electrons. The monoisotopic (exact) mass is 468 g/mol. The second kappa shape index (κ2) is 8.07. The zero-order chi connectivity index (χ0) is 22.3. The smallest absolute Gasteiger partial charge is 0.236 e. The number of hydrogen-bond acceptors (Lipinski definition) is 5. The molecule has 0 spiro atoms. The van der Waals surface area contributed by atoms with Gasteiger partial charge in [0, 0.05) is 13.1 Å². The highest BCUT2D eigenvalue weighted by Gasteiger charge is 2.33. The molecule has 5 nitrogen and oxygen atoms in total. The standard InChI is InChI=1S/C24H18ClFN2O3S/c25-21-8-4-3-7-20(21)22-27-23(32(29,30)19-11-9-18(26)10-12-19)24(31-22)28-14-13-16-5-1-2-6-17(16)15-28/h1-12H,13-15H2. The molecule has 0 atom stereocenters. The van der Waals surface area contributed by atoms with Crippen molar-refractivity contribution < 1.29 is 17.2 Å². The number of rotatable bonds is 4. The second-order valence-electron chi connectivity index (χ2n) is 7.51. The van der Waals surface area contributed by atoms with Crippen molar-refractivity contribution in [3.8, 4) is 11.5 Å². The third-order valence-corrected chi connectivity index (χ3v) is 7.48. The highest BCUT2D eigenvalue weighted by Crippen LogP contribution is 2.38. The maximum atomic E-state index is 13.5. The molecule has 1 aliphatic rings. The molecule has 0 saturated heterocycles. The molecule has 1 aromatic heterocycles. The molecule has 1 aliphatic heterocycles. The molecule has 0 N–H and O–H groups in total. The lowest BCUT2D eigenvalue weighted by Crippen LogP contribution is -2.31. The number of aromatic nitrogens is 1. The van der Waals surface area contributed by atoms with Gasteiger partial charge in [0.15, 0.2) is 0 Å². The fourth-order valence-corrected chi connectivity index (χ4v) is 5.36. The number of anilines is 1. The van der Waals surface area contributed by atoms with E-state index in [1.807, 2.05) is 23.1 Å². The Balaban J connectivity index is 1.65. The average molecular weight is 469 g/mol. The van der Waals surface area contributed by atoms with Gasteiger partial charge in [-0.25, -0.2) is 12.8 Å². The fraction of sp³-hybridized carbons (Fsp3) is 0.125. The van der Waals surface area contributed by atoms with E-state index >= 15 is 0 Å². The summed E-state index contributed by atoms with van der Waals surface area (Å²) in [5.74, 6) is -0.252. The lowest BCUT2D eigenvalue weighted by Gasteiger charge is -2.28. The predicted molar refractivity (Wildman–Crippen MR) is 120 cm³/mol. The first-order valence-corrected chi connectivity index (χ1v) is 11.9. The van der Waals surface area contributed by atoms with Crippen LogP contribution in [0.3, 0.4) is 0 Å². The van der Waals surface area contributed by atoms with Gasteiger partial charge in [-0.2, -0.15) is 4.98 Å². The van der Waals surface area contributed by atoms with Crippen LogP contribution in [0.4, 0.5) is 10.3 Å². The Labute approximate surface area is 190 Å². The fourth-order valence-electron chi connectivity index (χ4n) is 3.82. The van der Waals surface area contributed by atoms with Gasteiger partial charge in [0.2, 0.25) is 26.6 Å². The van der Waals surface area contributed by atoms with Crippen LogP contribution >= 0.6 is 11.6 Å². The second-order valence-corrected chi connectivity index (χ2v) is 9.78. The normalized spacial score (nSPS) is 13.8. The molecule has 8 heteroatoms. The predicted octanol–water partition coefficient (Wildman–Crippen LogP) is 5.53. The Bertz CT molecular complexity index is 1400. The van der Waals surface area contributed by atoms with Crippen molar-refractivity contribution in [3.05, 3.63) is 94.8 Å². The van der Waals surface area contributed by atoms with Gasteiger partial charge in [-0.15, -0.1) is 0 Å². The SMILES string of the molecule is O=S(=O)(c1ccc(F)cc1)c1nc(-c2ccccc2Cl)oc1N1CCc2ccccc2C1. The lowest BCUT2D eigenvalue weighted by molar-refractivity contribution is 0.533. The minimum atomic E-state index is -4.07. The Hall–Kier alpha value is -3.16. The molecule has 0 bridgehead atoms. The third-order valence-electron chi connectivity index (χ3n) is 5.48. The van der Waals surface area contributed by atoms with E-state index in [-0.39, 0.29) is 21.7 Å². The Kier molecular flexibility index (Phi) is 5.23. The molecule has 0 saturated carbocycles. The van der Waals surface area contributed by atoms with Crippen LogP contribution in [0, 0.1) is 5.82 Å². The highest BCUT2D eigenvalue weighted by molar-refractivity contribution is 7.91. The Morgan fingerprint density at radius 1 is 0.938 bits per heavy atom. The van der Waals surface area contributed by atoms with Crippen LogP contribution < -0.4 is 4.90 Å². The van der Waals surface area contributed by atoms with Crippen molar-refractivity contribution in [2.24, 2.45) is 0 Å². The van der Waals surface area contributed by atoms with E-state index in [9.17, 15) is 12.8 Å². The van der Waals surface area contributed by atoms with Crippen LogP contribution in [-0.2, 0) is 22.8 Å². The van der Waals surface area contributed by atoms with Gasteiger partial charge in [0.05, 0.1) is 15.5 Å². The molecule has 0 amide bonds. The molecule has 0 radical (unpaired) electrons. The van der Waals surface area contributed by atoms with E-state index in [0.717, 1.165) is 24.1 Å². The molecule has 0 unspecified atom stereocenters. The largest absolute Gasteiger partial charge is 0.419 e. The van der Waals surface area contributed by atoms with Crippen LogP contribution in [-0.4, -0.2) is 19.9 Å². The van der Waals surface area contributed by atoms with Crippen LogP contribution in [0.25, 0.3) is 11.5 Å². The van der Waals surface area contributed by atoms with E-state index in [1.165, 1.54) is 17.7 Å². The summed E-state index contributed by atoms with van der Waals surface area (Å²) in [6.45, 7) is 1.05. The van der Waals surface area contributed by atoms with Gasteiger partial charge in [-0.05, 0) is 53.9 Å². The van der Waals surface area contributed by atoms with Gasteiger partial charge in [-0.1, -0.05) is 48.0 Å². The number of oxazole rings is 1. The number of nitrogens with zero attached hydrogens (tertiary/aromatic N) is 2. The van der Waals surface area contributed by atoms with Crippen LogP contribution in [0.2, 0.25) is 5.02 Å². The minimum Gasteiger partial charge on any atom is -0.419 e. The van der Waals surface area contributed by atoms with Crippen molar-refractivity contribution in [1.82, 2.24) is 4.98 Å².